The van der Waals surface area contributed by atoms with E-state index < -0.39 is 0 Å². The molecule has 0 aliphatic heterocycles. The fourth-order valence-corrected chi connectivity index (χ4v) is 12.8. The van der Waals surface area contributed by atoms with Gasteiger partial charge in [-0.3, -0.25) is 0 Å². The second-order valence-corrected chi connectivity index (χ2v) is 14.6. The first-order chi connectivity index (χ1) is 16.7. The zero-order valence-corrected chi connectivity index (χ0v) is 23.5. The Morgan fingerprint density at radius 2 is 1.32 bits per heavy atom. The smallest absolute Gasteiger partial charge is 0.0202 e. The summed E-state index contributed by atoms with van der Waals surface area (Å²) in [5.41, 5.74) is 8.58. The number of allylic oxidation sites excluding steroid dienone is 4. The summed E-state index contributed by atoms with van der Waals surface area (Å²) >= 11 is 0. The minimum Gasteiger partial charge on any atom is -0.0891 e. The molecular formula is C33H51P. The molecule has 1 atom stereocenters. The molecule has 0 aromatic heterocycles. The summed E-state index contributed by atoms with van der Waals surface area (Å²) in [6.07, 6.45) is 29.1. The summed E-state index contributed by atoms with van der Waals surface area (Å²) < 4.78 is 0. The summed E-state index contributed by atoms with van der Waals surface area (Å²) in [4.78, 5) is 0. The maximum absolute atomic E-state index is 2.62. The van der Waals surface area contributed by atoms with Gasteiger partial charge in [-0.1, -0.05) is 123 Å². The number of hydrogen-bond donors (Lipinski definition) is 0. The largest absolute Gasteiger partial charge is 0.0891 e. The van der Waals surface area contributed by atoms with Gasteiger partial charge in [0.05, 0.1) is 0 Å². The van der Waals surface area contributed by atoms with E-state index in [4.69, 9.17) is 0 Å². The molecule has 0 heterocycles. The van der Waals surface area contributed by atoms with Gasteiger partial charge in [-0.25, -0.2) is 0 Å². The molecule has 0 N–H and O–H groups in total. The molecule has 34 heavy (non-hydrogen) atoms. The van der Waals surface area contributed by atoms with E-state index in [0.29, 0.717) is 5.16 Å². The van der Waals surface area contributed by atoms with Crippen molar-refractivity contribution in [1.29, 1.82) is 0 Å². The molecule has 1 unspecified atom stereocenters. The normalized spacial score (nSPS) is 24.8. The van der Waals surface area contributed by atoms with Crippen molar-refractivity contribution in [1.82, 2.24) is 0 Å². The van der Waals surface area contributed by atoms with Crippen molar-refractivity contribution >= 4 is 13.5 Å². The van der Waals surface area contributed by atoms with Crippen LogP contribution in [0.2, 0.25) is 0 Å². The highest BCUT2D eigenvalue weighted by molar-refractivity contribution is 7.61. The van der Waals surface area contributed by atoms with Crippen LogP contribution in [-0.4, -0.2) is 16.5 Å². The molecule has 1 heteroatoms. The van der Waals surface area contributed by atoms with Crippen LogP contribution in [0.15, 0.2) is 42.0 Å². The second kappa shape index (κ2) is 12.9. The van der Waals surface area contributed by atoms with Crippen molar-refractivity contribution in [2.75, 3.05) is 0 Å². The van der Waals surface area contributed by atoms with Crippen LogP contribution in [-0.2, 0) is 6.42 Å². The maximum Gasteiger partial charge on any atom is 0.0202 e. The number of rotatable bonds is 10. The summed E-state index contributed by atoms with van der Waals surface area (Å²) in [6, 6.07) is 9.95. The standard InChI is InChI=1S/C33H51P/c1-4-14-27-21-23-29(24-22-27)32-28(15-5-2)16-13-26-33(32,25-6-3)34(30-17-9-7-10-18-30)31-19-11-8-12-20-31/h13,16,21-24,30-31H,4-12,14-15,17-20,25-26H2,1-3H3. The summed E-state index contributed by atoms with van der Waals surface area (Å²) in [7, 11) is -0.0291. The molecule has 4 rings (SSSR count). The molecule has 2 saturated carbocycles. The summed E-state index contributed by atoms with van der Waals surface area (Å²) in [6.45, 7) is 7.15. The minimum atomic E-state index is -0.0291. The first kappa shape index (κ1) is 26.2. The van der Waals surface area contributed by atoms with Crippen LogP contribution in [0.3, 0.4) is 0 Å². The second-order valence-electron chi connectivity index (χ2n) is 11.5. The van der Waals surface area contributed by atoms with Crippen LogP contribution in [0.4, 0.5) is 0 Å². The van der Waals surface area contributed by atoms with E-state index in [1.165, 1.54) is 115 Å². The molecule has 2 fully saturated rings. The van der Waals surface area contributed by atoms with Gasteiger partial charge >= 0.3 is 0 Å². The number of aryl methyl sites for hydroxylation is 1. The first-order valence-electron chi connectivity index (χ1n) is 15.0. The molecule has 0 bridgehead atoms. The van der Waals surface area contributed by atoms with E-state index in [1.54, 1.807) is 11.1 Å². The van der Waals surface area contributed by atoms with Crippen molar-refractivity contribution in [2.45, 2.75) is 146 Å². The molecule has 1 aromatic rings. The quantitative estimate of drug-likeness (QED) is 0.293. The maximum atomic E-state index is 2.62. The molecule has 0 radical (unpaired) electrons. The van der Waals surface area contributed by atoms with Gasteiger partial charge in [-0.2, -0.15) is 0 Å². The Bertz CT molecular complexity index is 785. The monoisotopic (exact) mass is 478 g/mol. The molecule has 3 aliphatic rings. The van der Waals surface area contributed by atoms with Crippen LogP contribution in [0.1, 0.15) is 135 Å². The number of benzene rings is 1. The third kappa shape index (κ3) is 5.75. The Morgan fingerprint density at radius 1 is 0.735 bits per heavy atom. The van der Waals surface area contributed by atoms with Gasteiger partial charge in [0, 0.05) is 5.16 Å². The average molecular weight is 479 g/mol. The van der Waals surface area contributed by atoms with Gasteiger partial charge in [0.15, 0.2) is 0 Å². The molecule has 188 valence electrons. The molecule has 0 amide bonds. The Labute approximate surface area is 212 Å². The van der Waals surface area contributed by atoms with E-state index in [1.807, 2.05) is 5.57 Å². The highest BCUT2D eigenvalue weighted by Gasteiger charge is 2.49. The average Bonchev–Trinajstić information content (AvgIpc) is 2.87. The third-order valence-electron chi connectivity index (χ3n) is 8.96. The first-order valence-corrected chi connectivity index (χ1v) is 16.5. The van der Waals surface area contributed by atoms with Gasteiger partial charge in [0.25, 0.3) is 0 Å². The zero-order valence-electron chi connectivity index (χ0n) is 22.6. The minimum absolute atomic E-state index is 0.0291. The topological polar surface area (TPSA) is 0 Å². The molecule has 3 aliphatic carbocycles. The lowest BCUT2D eigenvalue weighted by Crippen LogP contribution is -2.39. The highest BCUT2D eigenvalue weighted by atomic mass is 31.1. The SMILES string of the molecule is CCCC1=C(c2ccc(CCC)cc2)C(CCC)(P(C2CCCCC2)C2CCCCC2)CC=C1. The van der Waals surface area contributed by atoms with E-state index in [0.717, 1.165) is 11.3 Å². The van der Waals surface area contributed by atoms with Crippen LogP contribution >= 0.6 is 7.92 Å². The van der Waals surface area contributed by atoms with Gasteiger partial charge < -0.3 is 0 Å². The van der Waals surface area contributed by atoms with Gasteiger partial charge in [-0.05, 0) is 85.0 Å². The fraction of sp³-hybridized carbons (Fsp3) is 0.697. The van der Waals surface area contributed by atoms with E-state index in [-0.39, 0.29) is 7.92 Å². The zero-order chi connectivity index (χ0) is 23.8. The molecule has 0 spiro atoms. The number of hydrogen-bond acceptors (Lipinski definition) is 0. The fourth-order valence-electron chi connectivity index (χ4n) is 7.66. The van der Waals surface area contributed by atoms with Crippen molar-refractivity contribution < 1.29 is 0 Å². The Kier molecular flexibility index (Phi) is 9.94. The molecule has 0 saturated heterocycles. The van der Waals surface area contributed by atoms with Crippen LogP contribution < -0.4 is 0 Å². The summed E-state index contributed by atoms with van der Waals surface area (Å²) in [5.74, 6) is 0. The van der Waals surface area contributed by atoms with Crippen molar-refractivity contribution in [3.05, 3.63) is 53.1 Å². The Morgan fingerprint density at radius 3 is 1.85 bits per heavy atom. The van der Waals surface area contributed by atoms with Crippen molar-refractivity contribution in [3.8, 4) is 0 Å². The van der Waals surface area contributed by atoms with Crippen molar-refractivity contribution in [3.63, 3.8) is 0 Å². The Hall–Kier alpha value is -0.870. The lowest BCUT2D eigenvalue weighted by Gasteiger charge is -2.53. The third-order valence-corrected chi connectivity index (χ3v) is 13.2. The van der Waals surface area contributed by atoms with Crippen LogP contribution in [0.5, 0.6) is 0 Å². The van der Waals surface area contributed by atoms with E-state index in [2.05, 4.69) is 57.2 Å². The molecule has 0 nitrogen and oxygen atoms in total. The summed E-state index contributed by atoms with van der Waals surface area (Å²) in [5, 5.41) is 0.402. The van der Waals surface area contributed by atoms with E-state index in [9.17, 15) is 0 Å². The lowest BCUT2D eigenvalue weighted by molar-refractivity contribution is 0.470. The Balaban J connectivity index is 1.85. The van der Waals surface area contributed by atoms with E-state index >= 15 is 0 Å². The van der Waals surface area contributed by atoms with Gasteiger partial charge in [-0.15, -0.1) is 0 Å². The van der Waals surface area contributed by atoms with Crippen molar-refractivity contribution in [2.24, 2.45) is 0 Å². The van der Waals surface area contributed by atoms with Gasteiger partial charge in [0.2, 0.25) is 0 Å². The van der Waals surface area contributed by atoms with Crippen LogP contribution in [0.25, 0.3) is 5.57 Å². The predicted molar refractivity (Wildman–Crippen MR) is 154 cm³/mol. The molecular weight excluding hydrogens is 427 g/mol. The van der Waals surface area contributed by atoms with Crippen LogP contribution in [0, 0.1) is 0 Å². The molecule has 1 aromatic carbocycles. The predicted octanol–water partition coefficient (Wildman–Crippen LogP) is 10.8. The lowest BCUT2D eigenvalue weighted by atomic mass is 9.78. The van der Waals surface area contributed by atoms with Gasteiger partial charge in [0.1, 0.15) is 0 Å². The highest BCUT2D eigenvalue weighted by Crippen LogP contribution is 2.71.